The van der Waals surface area contributed by atoms with Gasteiger partial charge in [0.1, 0.15) is 6.04 Å². The van der Waals surface area contributed by atoms with Crippen LogP contribution in [0, 0.1) is 11.3 Å². The van der Waals surface area contributed by atoms with Crippen LogP contribution in [0.5, 0.6) is 0 Å². The summed E-state index contributed by atoms with van der Waals surface area (Å²) in [6.45, 7) is 1.82. The predicted octanol–water partition coefficient (Wildman–Crippen LogP) is 1.48. The van der Waals surface area contributed by atoms with E-state index in [1.807, 2.05) is 31.0 Å². The Bertz CT molecular complexity index is 648. The molecule has 1 atom stereocenters. The molecule has 0 aliphatic rings. The van der Waals surface area contributed by atoms with Crippen molar-refractivity contribution < 1.29 is 4.42 Å². The standard InChI is InChI=1S/C12H13N3O2/c1-8(7-13)14(2)9-4-5-11-10(6-9)15(3)12(16)17-11/h4-6,8H,1-3H3. The van der Waals surface area contributed by atoms with Crippen LogP contribution < -0.4 is 10.7 Å². The first-order valence-electron chi connectivity index (χ1n) is 5.26. The number of aryl methyl sites for hydroxylation is 1. The minimum absolute atomic E-state index is 0.226. The van der Waals surface area contributed by atoms with Crippen LogP contribution in [-0.4, -0.2) is 17.7 Å². The highest BCUT2D eigenvalue weighted by atomic mass is 16.4. The van der Waals surface area contributed by atoms with Crippen LogP contribution in [0.4, 0.5) is 5.69 Å². The number of fused-ring (bicyclic) bond motifs is 1. The molecule has 0 bridgehead atoms. The van der Waals surface area contributed by atoms with Crippen molar-refractivity contribution in [2.75, 3.05) is 11.9 Å². The smallest absolute Gasteiger partial charge is 0.408 e. The van der Waals surface area contributed by atoms with Gasteiger partial charge in [-0.1, -0.05) is 0 Å². The Hall–Kier alpha value is -2.22. The summed E-state index contributed by atoms with van der Waals surface area (Å²) in [6.07, 6.45) is 0. The van der Waals surface area contributed by atoms with Gasteiger partial charge >= 0.3 is 5.76 Å². The van der Waals surface area contributed by atoms with Crippen molar-refractivity contribution in [3.63, 3.8) is 0 Å². The van der Waals surface area contributed by atoms with Gasteiger partial charge in [-0.05, 0) is 25.1 Å². The number of nitriles is 1. The summed E-state index contributed by atoms with van der Waals surface area (Å²) in [5.41, 5.74) is 2.16. The van der Waals surface area contributed by atoms with Crippen molar-refractivity contribution in [2.24, 2.45) is 7.05 Å². The molecule has 5 heteroatoms. The van der Waals surface area contributed by atoms with E-state index in [1.54, 1.807) is 13.1 Å². The number of anilines is 1. The fraction of sp³-hybridized carbons (Fsp3) is 0.333. The normalized spacial score (nSPS) is 12.4. The molecule has 1 unspecified atom stereocenters. The van der Waals surface area contributed by atoms with Crippen LogP contribution in [0.3, 0.4) is 0 Å². The van der Waals surface area contributed by atoms with Gasteiger partial charge in [0, 0.05) is 19.8 Å². The van der Waals surface area contributed by atoms with Gasteiger partial charge in [-0.3, -0.25) is 4.57 Å². The maximum absolute atomic E-state index is 11.3. The number of hydrogen-bond acceptors (Lipinski definition) is 4. The van der Waals surface area contributed by atoms with Gasteiger partial charge in [0.2, 0.25) is 0 Å². The third kappa shape index (κ3) is 1.78. The Labute approximate surface area is 98.5 Å². The summed E-state index contributed by atoms with van der Waals surface area (Å²) in [4.78, 5) is 13.2. The highest BCUT2D eigenvalue weighted by molar-refractivity contribution is 5.78. The van der Waals surface area contributed by atoms with Crippen molar-refractivity contribution in [3.05, 3.63) is 28.7 Å². The fourth-order valence-corrected chi connectivity index (χ4v) is 1.64. The lowest BCUT2D eigenvalue weighted by Gasteiger charge is -2.21. The summed E-state index contributed by atoms with van der Waals surface area (Å²) in [7, 11) is 3.50. The van der Waals surface area contributed by atoms with Crippen LogP contribution in [0.2, 0.25) is 0 Å². The molecule has 0 N–H and O–H groups in total. The zero-order chi connectivity index (χ0) is 12.6. The van der Waals surface area contributed by atoms with Crippen molar-refractivity contribution >= 4 is 16.8 Å². The third-order valence-electron chi connectivity index (χ3n) is 2.95. The molecule has 0 saturated carbocycles. The molecule has 1 aromatic carbocycles. The van der Waals surface area contributed by atoms with Crippen molar-refractivity contribution in [2.45, 2.75) is 13.0 Å². The first kappa shape index (κ1) is 11.3. The van der Waals surface area contributed by atoms with E-state index >= 15 is 0 Å². The van der Waals surface area contributed by atoms with Gasteiger partial charge in [0.15, 0.2) is 5.58 Å². The minimum atomic E-state index is -0.381. The quantitative estimate of drug-likeness (QED) is 0.785. The summed E-state index contributed by atoms with van der Waals surface area (Å²) in [5, 5.41) is 8.87. The highest BCUT2D eigenvalue weighted by Gasteiger charge is 2.12. The topological polar surface area (TPSA) is 62.2 Å². The molecule has 0 aliphatic heterocycles. The van der Waals surface area contributed by atoms with Gasteiger partial charge in [0.05, 0.1) is 11.6 Å². The molecule has 1 heterocycles. The first-order chi connectivity index (χ1) is 8.04. The Balaban J connectivity index is 2.55. The first-order valence-corrected chi connectivity index (χ1v) is 5.26. The zero-order valence-electron chi connectivity index (χ0n) is 9.97. The summed E-state index contributed by atoms with van der Waals surface area (Å²) in [5.74, 6) is -0.381. The molecule has 0 fully saturated rings. The zero-order valence-corrected chi connectivity index (χ0v) is 9.97. The molecule has 0 aliphatic carbocycles. The highest BCUT2D eigenvalue weighted by Crippen LogP contribution is 2.21. The average molecular weight is 231 g/mol. The van der Waals surface area contributed by atoms with Crippen molar-refractivity contribution in [1.82, 2.24) is 4.57 Å². The minimum Gasteiger partial charge on any atom is -0.408 e. The molecule has 5 nitrogen and oxygen atoms in total. The molecule has 0 saturated heterocycles. The molecule has 0 amide bonds. The van der Waals surface area contributed by atoms with Gasteiger partial charge in [-0.15, -0.1) is 0 Å². The van der Waals surface area contributed by atoms with Crippen LogP contribution in [-0.2, 0) is 7.05 Å². The number of rotatable bonds is 2. The van der Waals surface area contributed by atoms with E-state index in [4.69, 9.17) is 9.68 Å². The summed E-state index contributed by atoms with van der Waals surface area (Å²) < 4.78 is 6.49. The number of nitrogens with zero attached hydrogens (tertiary/aromatic N) is 3. The fourth-order valence-electron chi connectivity index (χ4n) is 1.64. The predicted molar refractivity (Wildman–Crippen MR) is 64.9 cm³/mol. The van der Waals surface area contributed by atoms with Crippen LogP contribution in [0.25, 0.3) is 11.1 Å². The van der Waals surface area contributed by atoms with E-state index in [0.717, 1.165) is 11.2 Å². The van der Waals surface area contributed by atoms with E-state index < -0.39 is 0 Å². The van der Waals surface area contributed by atoms with Crippen molar-refractivity contribution in [1.29, 1.82) is 5.26 Å². The van der Waals surface area contributed by atoms with Crippen molar-refractivity contribution in [3.8, 4) is 6.07 Å². The molecule has 88 valence electrons. The Kier molecular flexibility index (Phi) is 2.64. The van der Waals surface area contributed by atoms with Crippen LogP contribution in [0.15, 0.2) is 27.4 Å². The monoisotopic (exact) mass is 231 g/mol. The maximum Gasteiger partial charge on any atom is 0.419 e. The molecule has 17 heavy (non-hydrogen) atoms. The van der Waals surface area contributed by atoms with Crippen LogP contribution in [0.1, 0.15) is 6.92 Å². The second kappa shape index (κ2) is 3.98. The van der Waals surface area contributed by atoms with E-state index in [1.165, 1.54) is 4.57 Å². The lowest BCUT2D eigenvalue weighted by Crippen LogP contribution is -2.27. The third-order valence-corrected chi connectivity index (χ3v) is 2.95. The molecular weight excluding hydrogens is 218 g/mol. The van der Waals surface area contributed by atoms with E-state index in [2.05, 4.69) is 6.07 Å². The molecule has 2 rings (SSSR count). The number of aromatic nitrogens is 1. The van der Waals surface area contributed by atoms with E-state index in [9.17, 15) is 4.79 Å². The van der Waals surface area contributed by atoms with Gasteiger partial charge < -0.3 is 9.32 Å². The van der Waals surface area contributed by atoms with E-state index in [-0.39, 0.29) is 11.8 Å². The lowest BCUT2D eigenvalue weighted by molar-refractivity contribution is 0.528. The van der Waals surface area contributed by atoms with Gasteiger partial charge in [0.25, 0.3) is 0 Å². The van der Waals surface area contributed by atoms with Gasteiger partial charge in [-0.25, -0.2) is 4.79 Å². The Morgan fingerprint density at radius 3 is 2.88 bits per heavy atom. The second-order valence-corrected chi connectivity index (χ2v) is 3.99. The van der Waals surface area contributed by atoms with E-state index in [0.29, 0.717) is 5.58 Å². The SMILES string of the molecule is CC(C#N)N(C)c1ccc2oc(=O)n(C)c2c1. The number of hydrogen-bond donors (Lipinski definition) is 0. The number of benzene rings is 1. The largest absolute Gasteiger partial charge is 0.419 e. The molecule has 0 radical (unpaired) electrons. The molecule has 1 aromatic heterocycles. The van der Waals surface area contributed by atoms with Gasteiger partial charge in [-0.2, -0.15) is 5.26 Å². The average Bonchev–Trinajstić information content (AvgIpc) is 2.63. The number of oxazole rings is 1. The Morgan fingerprint density at radius 2 is 2.24 bits per heavy atom. The van der Waals surface area contributed by atoms with Crippen LogP contribution >= 0.6 is 0 Å². The molecule has 0 spiro atoms. The maximum atomic E-state index is 11.3. The molecular formula is C12H13N3O2. The Morgan fingerprint density at radius 1 is 1.53 bits per heavy atom. The molecule has 2 aromatic rings. The lowest BCUT2D eigenvalue weighted by atomic mass is 10.2. The summed E-state index contributed by atoms with van der Waals surface area (Å²) >= 11 is 0. The summed E-state index contributed by atoms with van der Waals surface area (Å²) in [6, 6.07) is 7.36. The second-order valence-electron chi connectivity index (χ2n) is 3.99.